The van der Waals surface area contributed by atoms with Gasteiger partial charge in [0.05, 0.1) is 0 Å². The lowest BCUT2D eigenvalue weighted by Crippen LogP contribution is -2.51. The normalized spacial score (nSPS) is 27.8. The average Bonchev–Trinajstić information content (AvgIpc) is 2.56. The van der Waals surface area contributed by atoms with E-state index in [1.165, 1.54) is 38.8 Å². The Hall–Kier alpha value is -0.810. The molecule has 0 spiro atoms. The molecule has 5 heteroatoms. The standard InChI is InChI=1S/C16H26N4S/c1-13-3-5-14(6-4-13)19-9-11-20(12-10-19)15-7-8-16(21-2)18-17-15/h7-8,13-14H,3-6,9-12H2,1-2H3. The first-order valence-corrected chi connectivity index (χ1v) is 9.35. The molecule has 0 unspecified atom stereocenters. The van der Waals surface area contributed by atoms with Gasteiger partial charge in [-0.3, -0.25) is 4.90 Å². The van der Waals surface area contributed by atoms with Crippen LogP contribution in [0, 0.1) is 5.92 Å². The summed E-state index contributed by atoms with van der Waals surface area (Å²) in [6.45, 7) is 6.90. The minimum Gasteiger partial charge on any atom is -0.353 e. The Morgan fingerprint density at radius 3 is 2.29 bits per heavy atom. The third-order valence-electron chi connectivity index (χ3n) is 4.98. The Bertz CT molecular complexity index is 434. The van der Waals surface area contributed by atoms with E-state index in [-0.39, 0.29) is 0 Å². The summed E-state index contributed by atoms with van der Waals surface area (Å²) in [6, 6.07) is 5.01. The molecule has 0 amide bonds. The van der Waals surface area contributed by atoms with Crippen LogP contribution in [-0.4, -0.2) is 53.6 Å². The van der Waals surface area contributed by atoms with Gasteiger partial charge in [-0.15, -0.1) is 22.0 Å². The summed E-state index contributed by atoms with van der Waals surface area (Å²) >= 11 is 1.64. The minimum atomic E-state index is 0.827. The van der Waals surface area contributed by atoms with Crippen LogP contribution in [0.3, 0.4) is 0 Å². The van der Waals surface area contributed by atoms with Crippen LogP contribution in [-0.2, 0) is 0 Å². The smallest absolute Gasteiger partial charge is 0.151 e. The zero-order valence-electron chi connectivity index (χ0n) is 13.2. The summed E-state index contributed by atoms with van der Waals surface area (Å²) in [4.78, 5) is 5.07. The van der Waals surface area contributed by atoms with Crippen LogP contribution in [0.1, 0.15) is 32.6 Å². The first-order valence-electron chi connectivity index (χ1n) is 8.13. The molecule has 0 atom stereocenters. The molecule has 2 heterocycles. The maximum Gasteiger partial charge on any atom is 0.151 e. The molecule has 1 aromatic rings. The average molecular weight is 306 g/mol. The van der Waals surface area contributed by atoms with E-state index >= 15 is 0 Å². The largest absolute Gasteiger partial charge is 0.353 e. The number of piperazine rings is 1. The van der Waals surface area contributed by atoms with Crippen molar-refractivity contribution in [2.45, 2.75) is 43.7 Å². The summed E-state index contributed by atoms with van der Waals surface area (Å²) in [6.07, 6.45) is 7.64. The number of rotatable bonds is 3. The fraction of sp³-hybridized carbons (Fsp3) is 0.750. The molecule has 2 fully saturated rings. The summed E-state index contributed by atoms with van der Waals surface area (Å²) in [5.74, 6) is 1.97. The molecule has 2 aliphatic rings. The Morgan fingerprint density at radius 2 is 1.71 bits per heavy atom. The molecule has 0 bridgehead atoms. The number of aromatic nitrogens is 2. The quantitative estimate of drug-likeness (QED) is 0.802. The van der Waals surface area contributed by atoms with Gasteiger partial charge in [0.15, 0.2) is 5.82 Å². The van der Waals surface area contributed by atoms with E-state index in [0.717, 1.165) is 35.9 Å². The van der Waals surface area contributed by atoms with Crippen molar-refractivity contribution in [3.63, 3.8) is 0 Å². The molecule has 1 aliphatic carbocycles. The van der Waals surface area contributed by atoms with Gasteiger partial charge >= 0.3 is 0 Å². The van der Waals surface area contributed by atoms with Gasteiger partial charge in [-0.1, -0.05) is 6.92 Å². The van der Waals surface area contributed by atoms with Crippen LogP contribution < -0.4 is 4.90 Å². The maximum absolute atomic E-state index is 4.36. The summed E-state index contributed by atoms with van der Waals surface area (Å²) in [5, 5.41) is 9.60. The monoisotopic (exact) mass is 306 g/mol. The zero-order chi connectivity index (χ0) is 14.7. The molecule has 1 saturated carbocycles. The number of anilines is 1. The zero-order valence-corrected chi connectivity index (χ0v) is 14.0. The highest BCUT2D eigenvalue weighted by Crippen LogP contribution is 2.28. The fourth-order valence-corrected chi connectivity index (χ4v) is 3.84. The highest BCUT2D eigenvalue weighted by atomic mass is 32.2. The molecule has 1 aromatic heterocycles. The second-order valence-corrected chi connectivity index (χ2v) is 7.20. The minimum absolute atomic E-state index is 0.827. The predicted octanol–water partition coefficient (Wildman–Crippen LogP) is 2.90. The molecule has 4 nitrogen and oxygen atoms in total. The van der Waals surface area contributed by atoms with Gasteiger partial charge in [0, 0.05) is 32.2 Å². The lowest BCUT2D eigenvalue weighted by atomic mass is 9.86. The summed E-state index contributed by atoms with van der Waals surface area (Å²) in [5.41, 5.74) is 0. The number of thioether (sulfide) groups is 1. The van der Waals surface area contributed by atoms with Gasteiger partial charge in [0.1, 0.15) is 5.03 Å². The van der Waals surface area contributed by atoms with Crippen molar-refractivity contribution in [2.24, 2.45) is 5.92 Å². The van der Waals surface area contributed by atoms with Crippen LogP contribution in [0.4, 0.5) is 5.82 Å². The van der Waals surface area contributed by atoms with Crippen molar-refractivity contribution in [3.05, 3.63) is 12.1 Å². The van der Waals surface area contributed by atoms with Crippen molar-refractivity contribution in [2.75, 3.05) is 37.3 Å². The Morgan fingerprint density at radius 1 is 1.00 bits per heavy atom. The molecule has 1 aliphatic heterocycles. The lowest BCUT2D eigenvalue weighted by Gasteiger charge is -2.41. The number of hydrogen-bond donors (Lipinski definition) is 0. The van der Waals surface area contributed by atoms with E-state index < -0.39 is 0 Å². The van der Waals surface area contributed by atoms with Gasteiger partial charge in [0.2, 0.25) is 0 Å². The molecule has 116 valence electrons. The van der Waals surface area contributed by atoms with E-state index in [2.05, 4.69) is 39.1 Å². The van der Waals surface area contributed by atoms with E-state index in [4.69, 9.17) is 0 Å². The van der Waals surface area contributed by atoms with Gasteiger partial charge in [-0.25, -0.2) is 0 Å². The molecule has 0 aromatic carbocycles. The van der Waals surface area contributed by atoms with Gasteiger partial charge in [-0.05, 0) is 50.0 Å². The maximum atomic E-state index is 4.36. The number of nitrogens with zero attached hydrogens (tertiary/aromatic N) is 4. The van der Waals surface area contributed by atoms with Gasteiger partial charge in [0.25, 0.3) is 0 Å². The number of hydrogen-bond acceptors (Lipinski definition) is 5. The van der Waals surface area contributed by atoms with Crippen molar-refractivity contribution in [1.29, 1.82) is 0 Å². The van der Waals surface area contributed by atoms with Crippen LogP contribution in [0.15, 0.2) is 17.2 Å². The van der Waals surface area contributed by atoms with E-state index in [0.29, 0.717) is 0 Å². The van der Waals surface area contributed by atoms with Crippen LogP contribution >= 0.6 is 11.8 Å². The van der Waals surface area contributed by atoms with Crippen LogP contribution in [0.2, 0.25) is 0 Å². The first-order chi connectivity index (χ1) is 10.3. The molecule has 0 N–H and O–H groups in total. The molecule has 21 heavy (non-hydrogen) atoms. The van der Waals surface area contributed by atoms with Crippen LogP contribution in [0.5, 0.6) is 0 Å². The lowest BCUT2D eigenvalue weighted by molar-refractivity contribution is 0.132. The Labute approximate surface area is 132 Å². The second kappa shape index (κ2) is 6.97. The second-order valence-electron chi connectivity index (χ2n) is 6.37. The Balaban J connectivity index is 1.52. The molecular weight excluding hydrogens is 280 g/mol. The molecule has 1 saturated heterocycles. The molecule has 0 radical (unpaired) electrons. The fourth-order valence-electron chi connectivity index (χ4n) is 3.51. The highest BCUT2D eigenvalue weighted by molar-refractivity contribution is 7.98. The third-order valence-corrected chi connectivity index (χ3v) is 5.61. The van der Waals surface area contributed by atoms with Gasteiger partial charge in [-0.2, -0.15) is 0 Å². The first kappa shape index (κ1) is 15.1. The summed E-state index contributed by atoms with van der Waals surface area (Å²) in [7, 11) is 0. The van der Waals surface area contributed by atoms with E-state index in [9.17, 15) is 0 Å². The highest BCUT2D eigenvalue weighted by Gasteiger charge is 2.27. The van der Waals surface area contributed by atoms with Crippen molar-refractivity contribution < 1.29 is 0 Å². The van der Waals surface area contributed by atoms with E-state index in [1.807, 2.05) is 6.26 Å². The Kier molecular flexibility index (Phi) is 5.01. The van der Waals surface area contributed by atoms with Crippen molar-refractivity contribution in [1.82, 2.24) is 15.1 Å². The topological polar surface area (TPSA) is 32.3 Å². The van der Waals surface area contributed by atoms with Crippen molar-refractivity contribution in [3.8, 4) is 0 Å². The van der Waals surface area contributed by atoms with E-state index in [1.54, 1.807) is 11.8 Å². The molecule has 3 rings (SSSR count). The summed E-state index contributed by atoms with van der Waals surface area (Å²) < 4.78 is 0. The van der Waals surface area contributed by atoms with Crippen molar-refractivity contribution >= 4 is 17.6 Å². The third kappa shape index (κ3) is 3.69. The SMILES string of the molecule is CSc1ccc(N2CCN(C3CCC(C)CC3)CC2)nn1. The molecular formula is C16H26N4S. The predicted molar refractivity (Wildman–Crippen MR) is 89.0 cm³/mol. The van der Waals surface area contributed by atoms with Gasteiger partial charge < -0.3 is 4.90 Å². The van der Waals surface area contributed by atoms with Crippen LogP contribution in [0.25, 0.3) is 0 Å².